The summed E-state index contributed by atoms with van der Waals surface area (Å²) in [7, 11) is 2.13. The van der Waals surface area contributed by atoms with Crippen LogP contribution >= 0.6 is 0 Å². The van der Waals surface area contributed by atoms with Crippen LogP contribution in [0.5, 0.6) is 0 Å². The van der Waals surface area contributed by atoms with Crippen molar-refractivity contribution < 1.29 is 9.26 Å². The number of hydrogen-bond donors (Lipinski definition) is 0. The van der Waals surface area contributed by atoms with Gasteiger partial charge in [0.25, 0.3) is 0 Å². The molecular formula is C18H27N7O2. The zero-order valence-corrected chi connectivity index (χ0v) is 16.0. The van der Waals surface area contributed by atoms with Crippen LogP contribution in [-0.4, -0.2) is 77.5 Å². The maximum absolute atomic E-state index is 5.42. The number of rotatable bonds is 5. The van der Waals surface area contributed by atoms with Gasteiger partial charge in [-0.25, -0.2) is 4.98 Å². The molecule has 2 aliphatic heterocycles. The number of aromatic nitrogens is 4. The number of nitrogens with zero attached hydrogens (tertiary/aromatic N) is 7. The van der Waals surface area contributed by atoms with Crippen molar-refractivity contribution in [3.05, 3.63) is 24.0 Å². The van der Waals surface area contributed by atoms with Gasteiger partial charge in [-0.1, -0.05) is 5.16 Å². The number of likely N-dealkylation sites (tertiary alicyclic amines) is 1. The van der Waals surface area contributed by atoms with Crippen LogP contribution in [-0.2, 0) is 11.3 Å². The number of anilines is 2. The molecule has 2 aliphatic rings. The van der Waals surface area contributed by atoms with Crippen LogP contribution in [0.1, 0.15) is 24.6 Å². The largest absolute Gasteiger partial charge is 0.378 e. The lowest BCUT2D eigenvalue weighted by Gasteiger charge is -2.37. The van der Waals surface area contributed by atoms with Crippen LogP contribution < -0.4 is 9.80 Å². The molecule has 2 saturated heterocycles. The summed E-state index contributed by atoms with van der Waals surface area (Å²) in [6.07, 6.45) is 4.03. The van der Waals surface area contributed by atoms with E-state index in [-0.39, 0.29) is 0 Å². The minimum Gasteiger partial charge on any atom is -0.378 e. The second-order valence-electron chi connectivity index (χ2n) is 7.16. The minimum atomic E-state index is 0.473. The summed E-state index contributed by atoms with van der Waals surface area (Å²) in [5.74, 6) is 3.18. The topological polar surface area (TPSA) is 83.7 Å². The van der Waals surface area contributed by atoms with Crippen LogP contribution in [0.25, 0.3) is 0 Å². The summed E-state index contributed by atoms with van der Waals surface area (Å²) < 4.78 is 10.5. The standard InChI is InChI=1S/C18H27N7O2/c1-14-20-16(22-27-14)13-24-7-4-15(5-8-24)23(2)17-3-6-19-18(21-17)25-9-11-26-12-10-25/h3,6,15H,4-5,7-13H2,1-2H3. The number of aryl methyl sites for hydroxylation is 1. The van der Waals surface area contributed by atoms with Gasteiger partial charge in [-0.05, 0) is 18.9 Å². The molecule has 2 fully saturated rings. The fourth-order valence-electron chi connectivity index (χ4n) is 3.71. The molecule has 9 heteroatoms. The van der Waals surface area contributed by atoms with E-state index in [4.69, 9.17) is 14.2 Å². The lowest BCUT2D eigenvalue weighted by molar-refractivity contribution is 0.122. The van der Waals surface area contributed by atoms with E-state index in [0.29, 0.717) is 11.9 Å². The summed E-state index contributed by atoms with van der Waals surface area (Å²) in [6.45, 7) is 7.78. The molecule has 27 heavy (non-hydrogen) atoms. The molecule has 4 rings (SSSR count). The Labute approximate surface area is 159 Å². The first-order valence-corrected chi connectivity index (χ1v) is 9.59. The van der Waals surface area contributed by atoms with Gasteiger partial charge in [0.05, 0.1) is 19.8 Å². The van der Waals surface area contributed by atoms with Gasteiger partial charge in [0.1, 0.15) is 5.82 Å². The molecule has 0 spiro atoms. The average Bonchev–Trinajstić information content (AvgIpc) is 3.13. The van der Waals surface area contributed by atoms with Crippen molar-refractivity contribution in [1.82, 2.24) is 25.0 Å². The Morgan fingerprint density at radius 2 is 1.93 bits per heavy atom. The summed E-state index contributed by atoms with van der Waals surface area (Å²) in [5.41, 5.74) is 0. The highest BCUT2D eigenvalue weighted by atomic mass is 16.5. The molecular weight excluding hydrogens is 346 g/mol. The molecule has 0 unspecified atom stereocenters. The third-order valence-electron chi connectivity index (χ3n) is 5.32. The van der Waals surface area contributed by atoms with E-state index in [1.54, 1.807) is 0 Å². The molecule has 0 bridgehead atoms. The lowest BCUT2D eigenvalue weighted by atomic mass is 10.0. The van der Waals surface area contributed by atoms with Gasteiger partial charge in [0, 0.05) is 52.4 Å². The van der Waals surface area contributed by atoms with Gasteiger partial charge in [0.15, 0.2) is 5.82 Å². The maximum atomic E-state index is 5.42. The summed E-state index contributed by atoms with van der Waals surface area (Å²) in [6, 6.07) is 2.47. The maximum Gasteiger partial charge on any atom is 0.227 e. The molecule has 9 nitrogen and oxygen atoms in total. The van der Waals surface area contributed by atoms with Crippen molar-refractivity contribution in [2.75, 3.05) is 56.2 Å². The highest BCUT2D eigenvalue weighted by Gasteiger charge is 2.25. The van der Waals surface area contributed by atoms with E-state index in [0.717, 1.165) is 76.4 Å². The average molecular weight is 373 g/mol. The molecule has 0 saturated carbocycles. The van der Waals surface area contributed by atoms with Gasteiger partial charge in [-0.3, -0.25) is 4.90 Å². The Bertz CT molecular complexity index is 739. The number of ether oxygens (including phenoxy) is 1. The summed E-state index contributed by atoms with van der Waals surface area (Å²) in [4.78, 5) is 20.4. The van der Waals surface area contributed by atoms with Crippen molar-refractivity contribution in [3.63, 3.8) is 0 Å². The van der Waals surface area contributed by atoms with Crippen LogP contribution in [0, 0.1) is 6.92 Å². The zero-order chi connectivity index (χ0) is 18.6. The van der Waals surface area contributed by atoms with Gasteiger partial charge >= 0.3 is 0 Å². The smallest absolute Gasteiger partial charge is 0.227 e. The summed E-state index contributed by atoms with van der Waals surface area (Å²) in [5, 5.41) is 4.00. The second-order valence-corrected chi connectivity index (χ2v) is 7.16. The molecule has 4 heterocycles. The first kappa shape index (κ1) is 18.1. The predicted molar refractivity (Wildman–Crippen MR) is 101 cm³/mol. The van der Waals surface area contributed by atoms with E-state index in [2.05, 4.69) is 36.9 Å². The molecule has 2 aromatic rings. The molecule has 0 aliphatic carbocycles. The second kappa shape index (κ2) is 8.18. The molecule has 146 valence electrons. The molecule has 0 amide bonds. The van der Waals surface area contributed by atoms with E-state index in [1.165, 1.54) is 0 Å². The van der Waals surface area contributed by atoms with Crippen LogP contribution in [0.3, 0.4) is 0 Å². The highest BCUT2D eigenvalue weighted by Crippen LogP contribution is 2.22. The SMILES string of the molecule is Cc1nc(CN2CCC(N(C)c3ccnc(N4CCOCC4)n3)CC2)no1. The van der Waals surface area contributed by atoms with E-state index < -0.39 is 0 Å². The first-order chi connectivity index (χ1) is 13.2. The van der Waals surface area contributed by atoms with E-state index in [9.17, 15) is 0 Å². The molecule has 0 radical (unpaired) electrons. The van der Waals surface area contributed by atoms with Gasteiger partial charge in [-0.2, -0.15) is 9.97 Å². The Kier molecular flexibility index (Phi) is 5.49. The molecule has 0 N–H and O–H groups in total. The van der Waals surface area contributed by atoms with Crippen molar-refractivity contribution >= 4 is 11.8 Å². The van der Waals surface area contributed by atoms with Crippen LogP contribution in [0.4, 0.5) is 11.8 Å². The van der Waals surface area contributed by atoms with Crippen molar-refractivity contribution in [2.45, 2.75) is 32.4 Å². The Balaban J connectivity index is 1.34. The third kappa shape index (κ3) is 4.36. The Morgan fingerprint density at radius 1 is 1.15 bits per heavy atom. The number of hydrogen-bond acceptors (Lipinski definition) is 9. The van der Waals surface area contributed by atoms with E-state index in [1.807, 2.05) is 19.2 Å². The highest BCUT2D eigenvalue weighted by molar-refractivity contribution is 5.44. The Hall–Kier alpha value is -2.26. The molecule has 0 aromatic carbocycles. The number of piperidine rings is 1. The van der Waals surface area contributed by atoms with Crippen LogP contribution in [0.2, 0.25) is 0 Å². The van der Waals surface area contributed by atoms with E-state index >= 15 is 0 Å². The molecule has 0 atom stereocenters. The van der Waals surface area contributed by atoms with Crippen molar-refractivity contribution in [2.24, 2.45) is 0 Å². The predicted octanol–water partition coefficient (Wildman–Crippen LogP) is 1.11. The quantitative estimate of drug-likeness (QED) is 0.765. The van der Waals surface area contributed by atoms with Crippen molar-refractivity contribution in [1.29, 1.82) is 0 Å². The monoisotopic (exact) mass is 373 g/mol. The normalized spacial score (nSPS) is 19.4. The van der Waals surface area contributed by atoms with Gasteiger partial charge < -0.3 is 19.1 Å². The van der Waals surface area contributed by atoms with Crippen molar-refractivity contribution in [3.8, 4) is 0 Å². The van der Waals surface area contributed by atoms with Gasteiger partial charge in [-0.15, -0.1) is 0 Å². The summed E-state index contributed by atoms with van der Waals surface area (Å²) >= 11 is 0. The first-order valence-electron chi connectivity index (χ1n) is 9.59. The fraction of sp³-hybridized carbons (Fsp3) is 0.667. The fourth-order valence-corrected chi connectivity index (χ4v) is 3.71. The lowest BCUT2D eigenvalue weighted by Crippen LogP contribution is -2.43. The minimum absolute atomic E-state index is 0.473. The van der Waals surface area contributed by atoms with Gasteiger partial charge in [0.2, 0.25) is 11.8 Å². The third-order valence-corrected chi connectivity index (χ3v) is 5.32. The number of morpholine rings is 1. The van der Waals surface area contributed by atoms with Crippen LogP contribution in [0.15, 0.2) is 16.8 Å². The zero-order valence-electron chi connectivity index (χ0n) is 16.0. The Morgan fingerprint density at radius 3 is 2.63 bits per heavy atom. The molecule has 2 aromatic heterocycles.